The fraction of sp³-hybridized carbons (Fsp3) is 0.444. The molecule has 1 heterocycles. The molecule has 4 nitrogen and oxygen atoms in total. The first-order valence-corrected chi connectivity index (χ1v) is 5.43. The predicted molar refractivity (Wildman–Crippen MR) is 54.9 cm³/mol. The third kappa shape index (κ3) is 2.23. The molecule has 0 atom stereocenters. The maximum absolute atomic E-state index is 10.9. The maximum Gasteiger partial charge on any atom is 0.355 e. The van der Waals surface area contributed by atoms with E-state index in [1.165, 1.54) is 11.8 Å². The van der Waals surface area contributed by atoms with E-state index in [9.17, 15) is 4.79 Å². The molecule has 5 heteroatoms. The summed E-state index contributed by atoms with van der Waals surface area (Å²) in [4.78, 5) is 19.6. The van der Waals surface area contributed by atoms with Crippen LogP contribution in [0.25, 0.3) is 0 Å². The molecule has 0 radical (unpaired) electrons. The van der Waals surface area contributed by atoms with Gasteiger partial charge in [0.25, 0.3) is 0 Å². The van der Waals surface area contributed by atoms with Crippen molar-refractivity contribution in [2.75, 3.05) is 6.26 Å². The number of hydrogen-bond acceptors (Lipinski definition) is 4. The molecule has 0 spiro atoms. The largest absolute Gasteiger partial charge is 0.476 e. The molecule has 0 bridgehead atoms. The SMILES string of the molecule is CSc1cnc(C(C)C)nc1C(=O)O. The van der Waals surface area contributed by atoms with Crippen LogP contribution in [0.5, 0.6) is 0 Å². The van der Waals surface area contributed by atoms with Crippen molar-refractivity contribution in [3.8, 4) is 0 Å². The molecule has 76 valence electrons. The first-order chi connectivity index (χ1) is 6.56. The summed E-state index contributed by atoms with van der Waals surface area (Å²) in [5.74, 6) is -0.289. The molecular formula is C9H12N2O2S. The highest BCUT2D eigenvalue weighted by Crippen LogP contribution is 2.19. The van der Waals surface area contributed by atoms with E-state index in [0.29, 0.717) is 10.7 Å². The van der Waals surface area contributed by atoms with Crippen LogP contribution in [-0.2, 0) is 0 Å². The van der Waals surface area contributed by atoms with Crippen molar-refractivity contribution in [3.63, 3.8) is 0 Å². The third-order valence-corrected chi connectivity index (χ3v) is 2.45. The molecular weight excluding hydrogens is 200 g/mol. The summed E-state index contributed by atoms with van der Waals surface area (Å²) in [6.45, 7) is 3.86. The van der Waals surface area contributed by atoms with Crippen LogP contribution in [0.3, 0.4) is 0 Å². The summed E-state index contributed by atoms with van der Waals surface area (Å²) in [5.41, 5.74) is 0.0937. The summed E-state index contributed by atoms with van der Waals surface area (Å²) in [6, 6.07) is 0. The van der Waals surface area contributed by atoms with Crippen molar-refractivity contribution in [2.24, 2.45) is 0 Å². The summed E-state index contributed by atoms with van der Waals surface area (Å²) in [5, 5.41) is 8.90. The van der Waals surface area contributed by atoms with Crippen LogP contribution in [0.1, 0.15) is 36.1 Å². The lowest BCUT2D eigenvalue weighted by atomic mass is 10.2. The minimum Gasteiger partial charge on any atom is -0.476 e. The van der Waals surface area contributed by atoms with Crippen LogP contribution < -0.4 is 0 Å². The van der Waals surface area contributed by atoms with E-state index in [0.717, 1.165) is 0 Å². The topological polar surface area (TPSA) is 63.1 Å². The van der Waals surface area contributed by atoms with E-state index in [-0.39, 0.29) is 11.6 Å². The van der Waals surface area contributed by atoms with Crippen LogP contribution in [0.4, 0.5) is 0 Å². The Morgan fingerprint density at radius 3 is 2.64 bits per heavy atom. The van der Waals surface area contributed by atoms with Gasteiger partial charge in [0.05, 0.1) is 4.90 Å². The Labute approximate surface area is 86.8 Å². The van der Waals surface area contributed by atoms with Gasteiger partial charge in [-0.1, -0.05) is 13.8 Å². The van der Waals surface area contributed by atoms with Gasteiger partial charge in [-0.2, -0.15) is 0 Å². The molecule has 1 rings (SSSR count). The van der Waals surface area contributed by atoms with Crippen molar-refractivity contribution in [1.29, 1.82) is 0 Å². The van der Waals surface area contributed by atoms with Crippen LogP contribution >= 0.6 is 11.8 Å². The second-order valence-electron chi connectivity index (χ2n) is 3.11. The average molecular weight is 212 g/mol. The number of aromatic carboxylic acids is 1. The zero-order valence-electron chi connectivity index (χ0n) is 8.31. The standard InChI is InChI=1S/C9H12N2O2S/c1-5(2)8-10-4-6(14-3)7(11-8)9(12)13/h4-5H,1-3H3,(H,12,13). The molecule has 0 aromatic carbocycles. The number of hydrogen-bond donors (Lipinski definition) is 1. The van der Waals surface area contributed by atoms with Gasteiger partial charge >= 0.3 is 5.97 Å². The monoisotopic (exact) mass is 212 g/mol. The summed E-state index contributed by atoms with van der Waals surface area (Å²) >= 11 is 1.34. The molecule has 14 heavy (non-hydrogen) atoms. The molecule has 1 aromatic heterocycles. The highest BCUT2D eigenvalue weighted by atomic mass is 32.2. The Morgan fingerprint density at radius 1 is 1.57 bits per heavy atom. The Morgan fingerprint density at radius 2 is 2.21 bits per heavy atom. The second kappa shape index (κ2) is 4.41. The molecule has 1 N–H and O–H groups in total. The Kier molecular flexibility index (Phi) is 3.46. The van der Waals surface area contributed by atoms with Gasteiger partial charge in [0.1, 0.15) is 5.82 Å². The number of carboxylic acid groups (broad SMARTS) is 1. The van der Waals surface area contributed by atoms with Gasteiger partial charge in [-0.25, -0.2) is 14.8 Å². The maximum atomic E-state index is 10.9. The molecule has 0 aliphatic carbocycles. The van der Waals surface area contributed by atoms with E-state index in [4.69, 9.17) is 5.11 Å². The van der Waals surface area contributed by atoms with Gasteiger partial charge in [-0.3, -0.25) is 0 Å². The van der Waals surface area contributed by atoms with E-state index in [2.05, 4.69) is 9.97 Å². The number of thioether (sulfide) groups is 1. The number of carbonyl (C=O) groups is 1. The van der Waals surface area contributed by atoms with Crippen molar-refractivity contribution < 1.29 is 9.90 Å². The molecule has 0 unspecified atom stereocenters. The highest BCUT2D eigenvalue weighted by molar-refractivity contribution is 7.98. The van der Waals surface area contributed by atoms with Gasteiger partial charge in [-0.05, 0) is 6.26 Å². The first-order valence-electron chi connectivity index (χ1n) is 4.20. The zero-order valence-corrected chi connectivity index (χ0v) is 9.13. The molecule has 0 saturated heterocycles. The lowest BCUT2D eigenvalue weighted by molar-refractivity contribution is 0.0685. The zero-order chi connectivity index (χ0) is 10.7. The second-order valence-corrected chi connectivity index (χ2v) is 3.95. The molecule has 0 amide bonds. The molecule has 0 aliphatic heterocycles. The van der Waals surface area contributed by atoms with Crippen LogP contribution in [0.2, 0.25) is 0 Å². The Hall–Kier alpha value is -1.10. The van der Waals surface area contributed by atoms with E-state index in [1.54, 1.807) is 12.5 Å². The Bertz CT molecular complexity index is 353. The minimum atomic E-state index is -1.00. The molecule has 1 aromatic rings. The van der Waals surface area contributed by atoms with Crippen molar-refractivity contribution in [3.05, 3.63) is 17.7 Å². The fourth-order valence-electron chi connectivity index (χ4n) is 0.965. The quantitative estimate of drug-likeness (QED) is 0.776. The number of aromatic nitrogens is 2. The average Bonchev–Trinajstić information content (AvgIpc) is 2.16. The van der Waals surface area contributed by atoms with Crippen LogP contribution in [0, 0.1) is 0 Å². The molecule has 0 fully saturated rings. The number of carboxylic acids is 1. The lowest BCUT2D eigenvalue weighted by Gasteiger charge is -2.06. The van der Waals surface area contributed by atoms with Crippen LogP contribution in [-0.4, -0.2) is 27.3 Å². The lowest BCUT2D eigenvalue weighted by Crippen LogP contribution is -2.08. The molecule has 0 saturated carbocycles. The normalized spacial score (nSPS) is 10.6. The van der Waals surface area contributed by atoms with Crippen molar-refractivity contribution in [2.45, 2.75) is 24.7 Å². The van der Waals surface area contributed by atoms with Gasteiger partial charge in [0.15, 0.2) is 5.69 Å². The van der Waals surface area contributed by atoms with Gasteiger partial charge < -0.3 is 5.11 Å². The molecule has 0 aliphatic rings. The number of rotatable bonds is 3. The summed E-state index contributed by atoms with van der Waals surface area (Å²) < 4.78 is 0. The van der Waals surface area contributed by atoms with Crippen molar-refractivity contribution >= 4 is 17.7 Å². The van der Waals surface area contributed by atoms with Gasteiger partial charge in [-0.15, -0.1) is 11.8 Å². The highest BCUT2D eigenvalue weighted by Gasteiger charge is 2.14. The summed E-state index contributed by atoms with van der Waals surface area (Å²) in [7, 11) is 0. The third-order valence-electron chi connectivity index (χ3n) is 1.71. The van der Waals surface area contributed by atoms with Gasteiger partial charge in [0, 0.05) is 12.1 Å². The fourth-order valence-corrected chi connectivity index (χ4v) is 1.45. The van der Waals surface area contributed by atoms with E-state index in [1.807, 2.05) is 13.8 Å². The Balaban J connectivity index is 3.21. The van der Waals surface area contributed by atoms with Gasteiger partial charge in [0.2, 0.25) is 0 Å². The minimum absolute atomic E-state index is 0.0937. The van der Waals surface area contributed by atoms with Crippen LogP contribution in [0.15, 0.2) is 11.1 Å². The summed E-state index contributed by atoms with van der Waals surface area (Å²) in [6.07, 6.45) is 3.37. The van der Waals surface area contributed by atoms with Crippen molar-refractivity contribution in [1.82, 2.24) is 9.97 Å². The number of nitrogens with zero attached hydrogens (tertiary/aromatic N) is 2. The van der Waals surface area contributed by atoms with E-state index >= 15 is 0 Å². The smallest absolute Gasteiger partial charge is 0.355 e. The first kappa shape index (κ1) is 11.0. The predicted octanol–water partition coefficient (Wildman–Crippen LogP) is 2.02. The van der Waals surface area contributed by atoms with E-state index < -0.39 is 5.97 Å².